The highest BCUT2D eigenvalue weighted by molar-refractivity contribution is 4.86. The molecule has 1 aliphatic heterocycles. The SMILES string of the molecule is [N-]=[N+]=NCC1OC(O)C(O)C1O. The molecule has 0 aromatic carbocycles. The van der Waals surface area contributed by atoms with Gasteiger partial charge in [-0.05, 0) is 5.53 Å². The number of azide groups is 1. The normalized spacial score (nSPS) is 40.9. The molecule has 68 valence electrons. The van der Waals surface area contributed by atoms with Crippen molar-refractivity contribution in [2.45, 2.75) is 24.6 Å². The zero-order valence-corrected chi connectivity index (χ0v) is 6.11. The number of ether oxygens (including phenoxy) is 1. The van der Waals surface area contributed by atoms with Gasteiger partial charge in [0.05, 0.1) is 12.6 Å². The largest absolute Gasteiger partial charge is 0.387 e. The Morgan fingerprint density at radius 1 is 1.33 bits per heavy atom. The van der Waals surface area contributed by atoms with Crippen LogP contribution in [0.2, 0.25) is 0 Å². The minimum Gasteiger partial charge on any atom is -0.387 e. The second-order valence-corrected chi connectivity index (χ2v) is 2.46. The molecule has 7 nitrogen and oxygen atoms in total. The predicted molar refractivity (Wildman–Crippen MR) is 36.9 cm³/mol. The molecule has 0 aromatic rings. The standard InChI is InChI=1S/C5H9N3O4/c6-8-7-1-2-3(9)4(10)5(11)12-2/h2-5,9-11H,1H2. The van der Waals surface area contributed by atoms with Crippen LogP contribution < -0.4 is 0 Å². The third-order valence-electron chi connectivity index (χ3n) is 1.66. The Bertz CT molecular complexity index is 205. The number of hydrogen-bond acceptors (Lipinski definition) is 5. The van der Waals surface area contributed by atoms with Crippen molar-refractivity contribution in [3.8, 4) is 0 Å². The van der Waals surface area contributed by atoms with Crippen LogP contribution in [0.5, 0.6) is 0 Å². The van der Waals surface area contributed by atoms with Crippen LogP contribution in [0.15, 0.2) is 5.11 Å². The van der Waals surface area contributed by atoms with Gasteiger partial charge in [-0.25, -0.2) is 0 Å². The average Bonchev–Trinajstić information content (AvgIpc) is 2.30. The van der Waals surface area contributed by atoms with Crippen LogP contribution in [0.4, 0.5) is 0 Å². The summed E-state index contributed by atoms with van der Waals surface area (Å²) in [7, 11) is 0. The first-order chi connectivity index (χ1) is 5.66. The molecule has 0 bridgehead atoms. The second-order valence-electron chi connectivity index (χ2n) is 2.46. The fraction of sp³-hybridized carbons (Fsp3) is 1.00. The number of aliphatic hydroxyl groups excluding tert-OH is 3. The number of hydrogen-bond donors (Lipinski definition) is 3. The Morgan fingerprint density at radius 2 is 2.00 bits per heavy atom. The Labute approximate surface area is 67.8 Å². The molecular weight excluding hydrogens is 166 g/mol. The molecule has 1 saturated heterocycles. The molecular formula is C5H9N3O4. The van der Waals surface area contributed by atoms with E-state index in [9.17, 15) is 0 Å². The minimum absolute atomic E-state index is 0.105. The zero-order valence-electron chi connectivity index (χ0n) is 6.11. The quantitative estimate of drug-likeness (QED) is 0.275. The summed E-state index contributed by atoms with van der Waals surface area (Å²) in [6, 6.07) is 0. The summed E-state index contributed by atoms with van der Waals surface area (Å²) in [5, 5.41) is 30.1. The van der Waals surface area contributed by atoms with E-state index in [-0.39, 0.29) is 6.54 Å². The first-order valence-electron chi connectivity index (χ1n) is 3.37. The number of aliphatic hydroxyl groups is 3. The van der Waals surface area contributed by atoms with Crippen LogP contribution in [0.25, 0.3) is 10.4 Å². The Balaban J connectivity index is 2.52. The van der Waals surface area contributed by atoms with E-state index in [1.807, 2.05) is 0 Å². The van der Waals surface area contributed by atoms with E-state index in [0.29, 0.717) is 0 Å². The van der Waals surface area contributed by atoms with Gasteiger partial charge in [0.2, 0.25) is 0 Å². The first-order valence-corrected chi connectivity index (χ1v) is 3.37. The highest BCUT2D eigenvalue weighted by Crippen LogP contribution is 2.19. The van der Waals surface area contributed by atoms with E-state index in [1.165, 1.54) is 0 Å². The van der Waals surface area contributed by atoms with Gasteiger partial charge in [-0.3, -0.25) is 0 Å². The fourth-order valence-corrected chi connectivity index (χ4v) is 0.997. The fourth-order valence-electron chi connectivity index (χ4n) is 0.997. The summed E-state index contributed by atoms with van der Waals surface area (Å²) in [6.07, 6.45) is -4.76. The lowest BCUT2D eigenvalue weighted by Gasteiger charge is -2.10. The van der Waals surface area contributed by atoms with Crippen molar-refractivity contribution in [1.29, 1.82) is 0 Å². The Morgan fingerprint density at radius 3 is 2.42 bits per heavy atom. The molecule has 1 rings (SSSR count). The molecule has 1 fully saturated rings. The molecule has 3 N–H and O–H groups in total. The molecule has 0 saturated carbocycles. The summed E-state index contributed by atoms with van der Waals surface area (Å²) in [5.41, 5.74) is 7.94. The zero-order chi connectivity index (χ0) is 9.14. The highest BCUT2D eigenvalue weighted by Gasteiger charge is 2.41. The van der Waals surface area contributed by atoms with E-state index < -0.39 is 24.6 Å². The number of rotatable bonds is 2. The summed E-state index contributed by atoms with van der Waals surface area (Å²) < 4.78 is 4.68. The first kappa shape index (κ1) is 9.24. The van der Waals surface area contributed by atoms with Crippen molar-refractivity contribution in [1.82, 2.24) is 0 Å². The van der Waals surface area contributed by atoms with Gasteiger partial charge in [0, 0.05) is 4.91 Å². The van der Waals surface area contributed by atoms with E-state index >= 15 is 0 Å². The Kier molecular flexibility index (Phi) is 2.85. The molecule has 1 aliphatic rings. The Hall–Kier alpha value is -0.850. The monoisotopic (exact) mass is 175 g/mol. The number of nitrogens with zero attached hydrogens (tertiary/aromatic N) is 3. The van der Waals surface area contributed by atoms with Gasteiger partial charge in [0.15, 0.2) is 6.29 Å². The molecule has 4 atom stereocenters. The van der Waals surface area contributed by atoms with Crippen molar-refractivity contribution in [2.24, 2.45) is 5.11 Å². The molecule has 4 unspecified atom stereocenters. The van der Waals surface area contributed by atoms with Gasteiger partial charge in [-0.2, -0.15) is 0 Å². The van der Waals surface area contributed by atoms with Crippen molar-refractivity contribution >= 4 is 0 Å². The van der Waals surface area contributed by atoms with Crippen molar-refractivity contribution in [3.05, 3.63) is 10.4 Å². The third-order valence-corrected chi connectivity index (χ3v) is 1.66. The highest BCUT2D eigenvalue weighted by atomic mass is 16.6. The van der Waals surface area contributed by atoms with Crippen molar-refractivity contribution in [3.63, 3.8) is 0 Å². The van der Waals surface area contributed by atoms with E-state index in [4.69, 9.17) is 20.9 Å². The smallest absolute Gasteiger partial charge is 0.183 e. The van der Waals surface area contributed by atoms with Crippen molar-refractivity contribution in [2.75, 3.05) is 6.54 Å². The van der Waals surface area contributed by atoms with Crippen LogP contribution in [0.3, 0.4) is 0 Å². The molecule has 12 heavy (non-hydrogen) atoms. The van der Waals surface area contributed by atoms with Gasteiger partial charge >= 0.3 is 0 Å². The maximum atomic E-state index is 9.14. The lowest BCUT2D eigenvalue weighted by atomic mass is 10.1. The molecule has 0 spiro atoms. The second kappa shape index (κ2) is 3.70. The summed E-state index contributed by atoms with van der Waals surface area (Å²) >= 11 is 0. The van der Waals surface area contributed by atoms with E-state index in [1.54, 1.807) is 0 Å². The van der Waals surface area contributed by atoms with Crippen LogP contribution in [-0.2, 0) is 4.74 Å². The maximum Gasteiger partial charge on any atom is 0.183 e. The maximum absolute atomic E-state index is 9.14. The van der Waals surface area contributed by atoms with E-state index in [2.05, 4.69) is 14.8 Å². The minimum atomic E-state index is -1.40. The van der Waals surface area contributed by atoms with Gasteiger partial charge in [-0.15, -0.1) is 0 Å². The van der Waals surface area contributed by atoms with Crippen LogP contribution in [0.1, 0.15) is 0 Å². The van der Waals surface area contributed by atoms with Crippen LogP contribution >= 0.6 is 0 Å². The third kappa shape index (κ3) is 1.66. The van der Waals surface area contributed by atoms with Crippen molar-refractivity contribution < 1.29 is 20.1 Å². The predicted octanol–water partition coefficient (Wildman–Crippen LogP) is -1.26. The summed E-state index contributed by atoms with van der Waals surface area (Å²) in [5.74, 6) is 0. The van der Waals surface area contributed by atoms with Gasteiger partial charge < -0.3 is 20.1 Å². The topological polar surface area (TPSA) is 119 Å². The van der Waals surface area contributed by atoms with Crippen LogP contribution in [0, 0.1) is 0 Å². The van der Waals surface area contributed by atoms with E-state index in [0.717, 1.165) is 0 Å². The summed E-state index contributed by atoms with van der Waals surface area (Å²) in [4.78, 5) is 2.45. The molecule has 7 heteroatoms. The molecule has 0 aliphatic carbocycles. The average molecular weight is 175 g/mol. The molecule has 0 aromatic heterocycles. The molecule has 0 radical (unpaired) electrons. The lowest BCUT2D eigenvalue weighted by molar-refractivity contribution is -0.125. The lowest BCUT2D eigenvalue weighted by Crippen LogP contribution is -2.33. The van der Waals surface area contributed by atoms with Gasteiger partial charge in [0.25, 0.3) is 0 Å². The van der Waals surface area contributed by atoms with Gasteiger partial charge in [0.1, 0.15) is 12.2 Å². The van der Waals surface area contributed by atoms with Gasteiger partial charge in [-0.1, -0.05) is 5.11 Å². The molecule has 0 amide bonds. The molecule has 1 heterocycles. The summed E-state index contributed by atoms with van der Waals surface area (Å²) in [6.45, 7) is -0.105. The van der Waals surface area contributed by atoms with Crippen LogP contribution in [-0.4, -0.2) is 46.5 Å².